The summed E-state index contributed by atoms with van der Waals surface area (Å²) in [6.07, 6.45) is 3.09. The molecule has 0 atom stereocenters. The van der Waals surface area contributed by atoms with Crippen LogP contribution in [0.15, 0.2) is 89.5 Å². The van der Waals surface area contributed by atoms with Crippen molar-refractivity contribution >= 4 is 55.1 Å². The van der Waals surface area contributed by atoms with Crippen LogP contribution < -0.4 is 14.9 Å². The Kier molecular flexibility index (Phi) is 13.9. The van der Waals surface area contributed by atoms with Gasteiger partial charge in [0.1, 0.15) is 21.4 Å². The molecule has 0 radical (unpaired) electrons. The zero-order valence-corrected chi connectivity index (χ0v) is 31.3. The van der Waals surface area contributed by atoms with Crippen LogP contribution in [0.3, 0.4) is 0 Å². The molecular formula is C35H37ClF2N6O8S2. The Morgan fingerprint density at radius 1 is 0.778 bits per heavy atom. The molecule has 0 spiro atoms. The third kappa shape index (κ3) is 9.68. The number of hydrazone groups is 2. The second-order valence-electron chi connectivity index (χ2n) is 11.1. The Hall–Kier alpha value is -5.59. The first-order valence-electron chi connectivity index (χ1n) is 15.1. The van der Waals surface area contributed by atoms with Gasteiger partial charge in [0.05, 0.1) is 26.6 Å². The quantitative estimate of drug-likeness (QED) is 0.162. The van der Waals surface area contributed by atoms with Gasteiger partial charge >= 0.3 is 0 Å². The number of nitrogens with one attached hydrogen (secondary N) is 1. The first kappa shape index (κ1) is 42.8. The first-order valence-corrected chi connectivity index (χ1v) is 18.4. The number of hydrogen-bond acceptors (Lipinski definition) is 12. The average Bonchev–Trinajstić information content (AvgIpc) is 3.50. The molecule has 54 heavy (non-hydrogen) atoms. The van der Waals surface area contributed by atoms with Crippen LogP contribution in [0, 0.1) is 25.5 Å². The van der Waals surface area contributed by atoms with Gasteiger partial charge in [-0.25, -0.2) is 13.8 Å². The maximum atomic E-state index is 13.7. The van der Waals surface area contributed by atoms with Crippen LogP contribution in [0.25, 0.3) is 0 Å². The van der Waals surface area contributed by atoms with Crippen molar-refractivity contribution in [2.75, 3.05) is 28.3 Å². The molecule has 0 aromatic heterocycles. The number of amidine groups is 1. The molecule has 0 unspecified atom stereocenters. The highest BCUT2D eigenvalue weighted by atomic mass is 35.5. The average molecular weight is 807 g/mol. The van der Waals surface area contributed by atoms with E-state index in [1.165, 1.54) is 52.4 Å². The summed E-state index contributed by atoms with van der Waals surface area (Å²) >= 11 is 5.58. The zero-order chi connectivity index (χ0) is 39.2. The lowest BCUT2D eigenvalue weighted by Crippen LogP contribution is -2.21. The Bertz CT molecular complexity index is 2410. The maximum absolute atomic E-state index is 13.7. The predicted molar refractivity (Wildman–Crippen MR) is 204 cm³/mol. The number of methoxy groups -OCH3 is 2. The topological polar surface area (TPSA) is 192 Å². The minimum absolute atomic E-state index is 0. The number of phenols is 2. The molecule has 0 bridgehead atoms. The van der Waals surface area contributed by atoms with E-state index in [4.69, 9.17) is 21.1 Å². The van der Waals surface area contributed by atoms with Gasteiger partial charge in [0.25, 0.3) is 20.0 Å². The smallest absolute Gasteiger partial charge is 0.285 e. The number of nitrogens with zero attached hydrogens (tertiary/aromatic N) is 5. The molecule has 6 rings (SSSR count). The molecule has 0 saturated carbocycles. The van der Waals surface area contributed by atoms with Crippen LogP contribution in [0.5, 0.6) is 23.0 Å². The third-order valence-corrected chi connectivity index (χ3v) is 10.6. The summed E-state index contributed by atoms with van der Waals surface area (Å²) in [6, 6.07) is 14.1. The van der Waals surface area contributed by atoms with Crippen LogP contribution in [0.4, 0.5) is 8.78 Å². The number of aryl methyl sites for hydroxylation is 2. The van der Waals surface area contributed by atoms with Crippen molar-refractivity contribution in [1.82, 2.24) is 10.4 Å². The standard InChI is InChI=1S/C17H16FN3O4S.C9H12N2O2.C8H5ClFNO2S.CH4/c1-10-6-12(18)8-13-16(10)26(23,24)20-17(13)21(2)19-9-11-4-5-14(22)15(7-11)25-3;1-10-11-6-7-3-4-8(12)9(5-7)13-2;1-4-2-5(10)3-6-7(4)14(12,13)11-8(6)9;/h4-9,22H,1-3H3;3-6,10,12H,1-2H3;2-3H,1H3;1H4/b19-9+;11-6+;;. The Labute approximate surface area is 316 Å². The summed E-state index contributed by atoms with van der Waals surface area (Å²) in [4.78, 5) is -0.00819. The number of sulfonamides is 2. The van der Waals surface area contributed by atoms with Gasteiger partial charge in [-0.2, -0.15) is 27.0 Å². The van der Waals surface area contributed by atoms with E-state index in [-0.39, 0.29) is 56.6 Å². The second kappa shape index (κ2) is 17.5. The molecule has 0 amide bonds. The number of phenolic OH excluding ortho intramolecular Hbond substituents is 2. The number of benzene rings is 4. The predicted octanol–water partition coefficient (Wildman–Crippen LogP) is 5.68. The van der Waals surface area contributed by atoms with E-state index in [9.17, 15) is 35.8 Å². The minimum Gasteiger partial charge on any atom is -0.504 e. The van der Waals surface area contributed by atoms with Gasteiger partial charge in [-0.1, -0.05) is 19.0 Å². The summed E-state index contributed by atoms with van der Waals surface area (Å²) in [6.45, 7) is 3.02. The van der Waals surface area contributed by atoms with E-state index in [1.54, 1.807) is 43.6 Å². The van der Waals surface area contributed by atoms with Gasteiger partial charge in [-0.15, -0.1) is 8.80 Å². The molecule has 19 heteroatoms. The molecule has 2 aliphatic heterocycles. The highest BCUT2D eigenvalue weighted by Crippen LogP contribution is 2.33. The molecule has 3 N–H and O–H groups in total. The van der Waals surface area contributed by atoms with Crippen molar-refractivity contribution < 1.29 is 45.3 Å². The number of hydrogen-bond donors (Lipinski definition) is 3. The molecule has 288 valence electrons. The van der Waals surface area contributed by atoms with Crippen LogP contribution >= 0.6 is 11.6 Å². The highest BCUT2D eigenvalue weighted by molar-refractivity contribution is 7.91. The normalized spacial score (nSPS) is 14.3. The fourth-order valence-electron chi connectivity index (χ4n) is 5.00. The van der Waals surface area contributed by atoms with Gasteiger partial charge in [0.15, 0.2) is 34.0 Å². The van der Waals surface area contributed by atoms with Crippen LogP contribution in [-0.2, 0) is 20.0 Å². The molecule has 4 aromatic carbocycles. The fraction of sp³-hybridized carbons (Fsp3) is 0.200. The molecule has 4 aromatic rings. The molecule has 14 nitrogen and oxygen atoms in total. The molecule has 0 aliphatic carbocycles. The number of aromatic hydroxyl groups is 2. The summed E-state index contributed by atoms with van der Waals surface area (Å²) in [5.74, 6) is -0.197. The maximum Gasteiger partial charge on any atom is 0.285 e. The number of fused-ring (bicyclic) bond motifs is 2. The van der Waals surface area contributed by atoms with Crippen LogP contribution in [0.2, 0.25) is 0 Å². The van der Waals surface area contributed by atoms with E-state index >= 15 is 0 Å². The number of ether oxygens (including phenoxy) is 2. The molecule has 0 fully saturated rings. The fourth-order valence-corrected chi connectivity index (χ4v) is 8.21. The summed E-state index contributed by atoms with van der Waals surface area (Å²) < 4.78 is 91.0. The van der Waals surface area contributed by atoms with E-state index < -0.39 is 31.7 Å². The van der Waals surface area contributed by atoms with Crippen molar-refractivity contribution in [3.05, 3.63) is 106 Å². The SMILES string of the molecule is C.CN/N=C/c1ccc(O)c(OC)c1.COc1cc(/C=N/N(C)C2=NS(=O)(=O)c3c(C)cc(F)cc32)ccc1O.Cc1cc(F)cc2c1S(=O)(=O)N=C2Cl. The molecule has 2 aliphatic rings. The molecule has 0 saturated heterocycles. The number of halogens is 3. The lowest BCUT2D eigenvalue weighted by Gasteiger charge is -2.13. The molecule has 2 heterocycles. The van der Waals surface area contributed by atoms with Crippen molar-refractivity contribution in [2.45, 2.75) is 31.1 Å². The minimum atomic E-state index is -3.89. The Balaban J connectivity index is 0.000000237. The van der Waals surface area contributed by atoms with Gasteiger partial charge in [-0.3, -0.25) is 0 Å². The van der Waals surface area contributed by atoms with Gasteiger partial charge in [0.2, 0.25) is 0 Å². The van der Waals surface area contributed by atoms with Crippen molar-refractivity contribution in [3.63, 3.8) is 0 Å². The van der Waals surface area contributed by atoms with E-state index in [2.05, 4.69) is 24.4 Å². The summed E-state index contributed by atoms with van der Waals surface area (Å²) in [5, 5.41) is 27.9. The zero-order valence-electron chi connectivity index (χ0n) is 29.0. The van der Waals surface area contributed by atoms with Crippen molar-refractivity contribution in [2.24, 2.45) is 19.0 Å². The monoisotopic (exact) mass is 806 g/mol. The lowest BCUT2D eigenvalue weighted by molar-refractivity contribution is 0.373. The van der Waals surface area contributed by atoms with Gasteiger partial charge < -0.3 is 25.1 Å². The lowest BCUT2D eigenvalue weighted by atomic mass is 10.1. The third-order valence-electron chi connectivity index (χ3n) is 7.30. The van der Waals surface area contributed by atoms with E-state index in [0.717, 1.165) is 29.8 Å². The van der Waals surface area contributed by atoms with Gasteiger partial charge in [-0.05, 0) is 96.8 Å². The molecular weight excluding hydrogens is 770 g/mol. The van der Waals surface area contributed by atoms with Crippen LogP contribution in [-0.4, -0.2) is 83.8 Å². The van der Waals surface area contributed by atoms with Crippen molar-refractivity contribution in [3.8, 4) is 23.0 Å². The van der Waals surface area contributed by atoms with E-state index in [1.807, 2.05) is 0 Å². The van der Waals surface area contributed by atoms with Crippen LogP contribution in [0.1, 0.15) is 40.8 Å². The summed E-state index contributed by atoms with van der Waals surface area (Å²) in [7, 11) is -1.45. The van der Waals surface area contributed by atoms with E-state index in [0.29, 0.717) is 22.4 Å². The largest absolute Gasteiger partial charge is 0.504 e. The Morgan fingerprint density at radius 2 is 1.24 bits per heavy atom. The van der Waals surface area contributed by atoms with Gasteiger partial charge in [0, 0.05) is 25.2 Å². The Morgan fingerprint density at radius 3 is 1.74 bits per heavy atom. The van der Waals surface area contributed by atoms with Crippen molar-refractivity contribution in [1.29, 1.82) is 0 Å². The summed E-state index contributed by atoms with van der Waals surface area (Å²) in [5.41, 5.74) is 5.04. The number of rotatable bonds is 6. The highest BCUT2D eigenvalue weighted by Gasteiger charge is 2.33. The first-order chi connectivity index (χ1) is 24.9. The second-order valence-corrected chi connectivity index (χ2v) is 14.5.